The van der Waals surface area contributed by atoms with Gasteiger partial charge in [-0.15, -0.1) is 0 Å². The van der Waals surface area contributed by atoms with Crippen LogP contribution in [0.2, 0.25) is 0 Å². The van der Waals surface area contributed by atoms with Crippen LogP contribution in [0.3, 0.4) is 0 Å². The molecule has 3 heteroatoms. The zero-order valence-corrected chi connectivity index (χ0v) is 8.69. The second-order valence-electron chi connectivity index (χ2n) is 4.17. The first-order valence-electron chi connectivity index (χ1n) is 5.43. The van der Waals surface area contributed by atoms with Crippen LogP contribution in [0, 0.1) is 5.92 Å². The van der Waals surface area contributed by atoms with Crippen molar-refractivity contribution in [1.82, 2.24) is 5.32 Å². The standard InChI is InChI=1S/C12H17NO2/c14-8-9-4-5-13-12(6-9)10-2-1-3-11(15)7-10/h1-3,7,9,12-15H,4-6,8H2. The molecule has 82 valence electrons. The van der Waals surface area contributed by atoms with E-state index in [1.54, 1.807) is 12.1 Å². The summed E-state index contributed by atoms with van der Waals surface area (Å²) in [4.78, 5) is 0. The first-order valence-corrected chi connectivity index (χ1v) is 5.43. The van der Waals surface area contributed by atoms with Crippen LogP contribution in [0.5, 0.6) is 5.75 Å². The van der Waals surface area contributed by atoms with E-state index in [2.05, 4.69) is 5.32 Å². The molecular formula is C12H17NO2. The topological polar surface area (TPSA) is 52.5 Å². The maximum Gasteiger partial charge on any atom is 0.115 e. The Kier molecular flexibility index (Phi) is 3.23. The molecule has 2 unspecified atom stereocenters. The van der Waals surface area contributed by atoms with Gasteiger partial charge in [0.2, 0.25) is 0 Å². The Labute approximate surface area is 89.8 Å². The van der Waals surface area contributed by atoms with E-state index in [0.29, 0.717) is 11.7 Å². The lowest BCUT2D eigenvalue weighted by molar-refractivity contribution is 0.176. The van der Waals surface area contributed by atoms with Gasteiger partial charge in [-0.3, -0.25) is 0 Å². The van der Waals surface area contributed by atoms with Crippen molar-refractivity contribution in [3.8, 4) is 5.75 Å². The molecule has 1 aromatic carbocycles. The lowest BCUT2D eigenvalue weighted by Gasteiger charge is -2.29. The van der Waals surface area contributed by atoms with Crippen molar-refractivity contribution in [3.63, 3.8) is 0 Å². The fraction of sp³-hybridized carbons (Fsp3) is 0.500. The van der Waals surface area contributed by atoms with Gasteiger partial charge in [0.1, 0.15) is 5.75 Å². The Bertz CT molecular complexity index is 327. The molecule has 3 nitrogen and oxygen atoms in total. The number of rotatable bonds is 2. The minimum Gasteiger partial charge on any atom is -0.508 e. The van der Waals surface area contributed by atoms with Gasteiger partial charge in [-0.25, -0.2) is 0 Å². The fourth-order valence-corrected chi connectivity index (χ4v) is 2.16. The molecule has 2 atom stereocenters. The maximum atomic E-state index is 9.39. The van der Waals surface area contributed by atoms with Crippen molar-refractivity contribution in [3.05, 3.63) is 29.8 Å². The summed E-state index contributed by atoms with van der Waals surface area (Å²) in [6, 6.07) is 7.60. The van der Waals surface area contributed by atoms with E-state index >= 15 is 0 Å². The molecule has 15 heavy (non-hydrogen) atoms. The van der Waals surface area contributed by atoms with Crippen molar-refractivity contribution in [1.29, 1.82) is 0 Å². The van der Waals surface area contributed by atoms with Crippen LogP contribution in [0.15, 0.2) is 24.3 Å². The Morgan fingerprint density at radius 2 is 2.27 bits per heavy atom. The molecule has 0 radical (unpaired) electrons. The Balaban J connectivity index is 2.09. The molecule has 0 amide bonds. The van der Waals surface area contributed by atoms with Gasteiger partial charge in [0, 0.05) is 12.6 Å². The second-order valence-corrected chi connectivity index (χ2v) is 4.17. The Morgan fingerprint density at radius 3 is 3.00 bits per heavy atom. The molecule has 1 heterocycles. The molecule has 1 aliphatic rings. The number of phenols is 1. The maximum absolute atomic E-state index is 9.39. The molecule has 0 spiro atoms. The highest BCUT2D eigenvalue weighted by Crippen LogP contribution is 2.28. The Morgan fingerprint density at radius 1 is 1.40 bits per heavy atom. The summed E-state index contributed by atoms with van der Waals surface area (Å²) < 4.78 is 0. The van der Waals surface area contributed by atoms with E-state index in [4.69, 9.17) is 5.11 Å². The van der Waals surface area contributed by atoms with Gasteiger partial charge < -0.3 is 15.5 Å². The average Bonchev–Trinajstić information content (AvgIpc) is 2.29. The summed E-state index contributed by atoms with van der Waals surface area (Å²) in [6.45, 7) is 1.20. The van der Waals surface area contributed by atoms with Crippen molar-refractivity contribution < 1.29 is 10.2 Å². The lowest BCUT2D eigenvalue weighted by atomic mass is 9.89. The van der Waals surface area contributed by atoms with Crippen LogP contribution in [0.25, 0.3) is 0 Å². The quantitative estimate of drug-likeness (QED) is 0.687. The van der Waals surface area contributed by atoms with Crippen LogP contribution >= 0.6 is 0 Å². The van der Waals surface area contributed by atoms with Crippen molar-refractivity contribution in [2.24, 2.45) is 5.92 Å². The number of hydrogen-bond acceptors (Lipinski definition) is 3. The SMILES string of the molecule is OCC1CCNC(c2cccc(O)c2)C1. The first kappa shape index (κ1) is 10.5. The smallest absolute Gasteiger partial charge is 0.115 e. The third-order valence-electron chi connectivity index (χ3n) is 3.04. The molecule has 1 aliphatic heterocycles. The van der Waals surface area contributed by atoms with Gasteiger partial charge in [0.25, 0.3) is 0 Å². The fourth-order valence-electron chi connectivity index (χ4n) is 2.16. The van der Waals surface area contributed by atoms with Crippen LogP contribution in [0.4, 0.5) is 0 Å². The summed E-state index contributed by atoms with van der Waals surface area (Å²) in [5.74, 6) is 0.694. The van der Waals surface area contributed by atoms with E-state index in [1.807, 2.05) is 12.1 Å². The number of nitrogens with one attached hydrogen (secondary N) is 1. The van der Waals surface area contributed by atoms with E-state index in [-0.39, 0.29) is 12.6 Å². The van der Waals surface area contributed by atoms with E-state index in [1.165, 1.54) is 0 Å². The highest BCUT2D eigenvalue weighted by Gasteiger charge is 2.21. The van der Waals surface area contributed by atoms with E-state index in [0.717, 1.165) is 24.9 Å². The lowest BCUT2D eigenvalue weighted by Crippen LogP contribution is -2.33. The summed E-state index contributed by atoms with van der Waals surface area (Å²) in [6.07, 6.45) is 1.98. The van der Waals surface area contributed by atoms with Crippen LogP contribution in [0.1, 0.15) is 24.4 Å². The molecule has 1 aromatic rings. The Hall–Kier alpha value is -1.06. The number of phenolic OH excluding ortho intramolecular Hbond substituents is 1. The zero-order chi connectivity index (χ0) is 10.7. The first-order chi connectivity index (χ1) is 7.29. The van der Waals surface area contributed by atoms with Crippen molar-refractivity contribution >= 4 is 0 Å². The number of aromatic hydroxyl groups is 1. The molecule has 1 saturated heterocycles. The van der Waals surface area contributed by atoms with Crippen molar-refractivity contribution in [2.75, 3.05) is 13.2 Å². The summed E-state index contributed by atoms with van der Waals surface area (Å²) in [5, 5.41) is 21.9. The van der Waals surface area contributed by atoms with Gasteiger partial charge >= 0.3 is 0 Å². The number of hydrogen-bond donors (Lipinski definition) is 3. The normalized spacial score (nSPS) is 26.5. The zero-order valence-electron chi connectivity index (χ0n) is 8.69. The van der Waals surface area contributed by atoms with Crippen LogP contribution in [-0.2, 0) is 0 Å². The number of piperidine rings is 1. The third-order valence-corrected chi connectivity index (χ3v) is 3.04. The minimum atomic E-state index is 0.261. The van der Waals surface area contributed by atoms with Gasteiger partial charge in [-0.1, -0.05) is 12.1 Å². The predicted octanol–water partition coefficient (Wildman–Crippen LogP) is 1.43. The molecule has 2 rings (SSSR count). The predicted molar refractivity (Wildman–Crippen MR) is 58.7 cm³/mol. The third kappa shape index (κ3) is 2.49. The van der Waals surface area contributed by atoms with Crippen LogP contribution in [-0.4, -0.2) is 23.4 Å². The van der Waals surface area contributed by atoms with Gasteiger partial charge in [0.15, 0.2) is 0 Å². The molecule has 3 N–H and O–H groups in total. The molecule has 0 saturated carbocycles. The van der Waals surface area contributed by atoms with Gasteiger partial charge in [0.05, 0.1) is 0 Å². The molecule has 0 bridgehead atoms. The minimum absolute atomic E-state index is 0.261. The monoisotopic (exact) mass is 207 g/mol. The molecular weight excluding hydrogens is 190 g/mol. The average molecular weight is 207 g/mol. The van der Waals surface area contributed by atoms with E-state index < -0.39 is 0 Å². The second kappa shape index (κ2) is 4.64. The van der Waals surface area contributed by atoms with Gasteiger partial charge in [-0.05, 0) is 43.0 Å². The number of aliphatic hydroxyl groups is 1. The van der Waals surface area contributed by atoms with Crippen LogP contribution < -0.4 is 5.32 Å². The summed E-state index contributed by atoms with van der Waals surface area (Å²) in [7, 11) is 0. The van der Waals surface area contributed by atoms with E-state index in [9.17, 15) is 5.11 Å². The number of benzene rings is 1. The van der Waals surface area contributed by atoms with Gasteiger partial charge in [-0.2, -0.15) is 0 Å². The summed E-state index contributed by atoms with van der Waals surface area (Å²) in [5.41, 5.74) is 1.10. The van der Waals surface area contributed by atoms with Crippen molar-refractivity contribution in [2.45, 2.75) is 18.9 Å². The largest absolute Gasteiger partial charge is 0.508 e. The number of aliphatic hydroxyl groups excluding tert-OH is 1. The molecule has 1 fully saturated rings. The summed E-state index contributed by atoms with van der Waals surface area (Å²) >= 11 is 0. The highest BCUT2D eigenvalue weighted by molar-refractivity contribution is 5.29. The highest BCUT2D eigenvalue weighted by atomic mass is 16.3. The molecule has 0 aliphatic carbocycles. The molecule has 0 aromatic heterocycles.